The fraction of sp³-hybridized carbons (Fsp3) is 0.200. The Labute approximate surface area is 281 Å². The summed E-state index contributed by atoms with van der Waals surface area (Å²) in [5.74, 6) is 0.664. The maximum absolute atomic E-state index is 12.9. The lowest BCUT2D eigenvalue weighted by Gasteiger charge is -2.32. The van der Waals surface area contributed by atoms with Crippen LogP contribution in [-0.4, -0.2) is 73.0 Å². The van der Waals surface area contributed by atoms with E-state index in [1.807, 2.05) is 64.0 Å². The zero-order valence-electron chi connectivity index (χ0n) is 25.5. The Hall–Kier alpha value is -4.59. The van der Waals surface area contributed by atoms with E-state index in [1.165, 1.54) is 11.1 Å². The third-order valence-corrected chi connectivity index (χ3v) is 9.10. The number of halogens is 1. The van der Waals surface area contributed by atoms with Gasteiger partial charge in [-0.15, -0.1) is 0 Å². The molecule has 46 heavy (non-hydrogen) atoms. The molecule has 232 valence electrons. The molecule has 11 heteroatoms. The van der Waals surface area contributed by atoms with Crippen LogP contribution in [0.5, 0.6) is 0 Å². The van der Waals surface area contributed by atoms with E-state index in [0.717, 1.165) is 71.0 Å². The number of fused-ring (bicyclic) bond motifs is 1. The number of nitrogens with zero attached hydrogens (tertiary/aromatic N) is 7. The van der Waals surface area contributed by atoms with Crippen LogP contribution in [0.25, 0.3) is 34.0 Å². The van der Waals surface area contributed by atoms with Crippen molar-refractivity contribution in [3.8, 4) is 28.3 Å². The van der Waals surface area contributed by atoms with Crippen LogP contribution in [0, 0.1) is 0 Å². The van der Waals surface area contributed by atoms with Gasteiger partial charge in [0, 0.05) is 84.4 Å². The van der Waals surface area contributed by atoms with Crippen molar-refractivity contribution in [1.29, 1.82) is 0 Å². The van der Waals surface area contributed by atoms with Gasteiger partial charge >= 0.3 is 6.03 Å². The standard InChI is InChI=1S/C35H34IN9O/c1-42-15-17-43(18-16-42)21-26-7-11-29(12-8-26)39-35(46)40-30-4-2-3-28(19-30)32-23-44-14-13-37-33(44)34(41-32)45-22-31(38-24-45)27-9-5-25(20-36)6-10-27/h2-14,19,22-24H,15-18,20-21H2,1H3,(H2,39,40,46). The van der Waals surface area contributed by atoms with Crippen molar-refractivity contribution >= 4 is 45.6 Å². The summed E-state index contributed by atoms with van der Waals surface area (Å²) in [6.45, 7) is 5.25. The predicted octanol–water partition coefficient (Wildman–Crippen LogP) is 6.58. The number of hydrogen-bond donors (Lipinski definition) is 2. The number of piperazine rings is 1. The SMILES string of the molecule is CN1CCN(Cc2ccc(NC(=O)Nc3cccc(-c4cn5ccnc5c(-n5cnc(-c6ccc(CI)cc6)c5)n4)c3)cc2)CC1. The minimum atomic E-state index is -0.305. The molecule has 7 rings (SSSR count). The summed E-state index contributed by atoms with van der Waals surface area (Å²) in [4.78, 5) is 31.9. The molecule has 0 spiro atoms. The second-order valence-electron chi connectivity index (χ2n) is 11.5. The molecular weight excluding hydrogens is 689 g/mol. The van der Waals surface area contributed by atoms with E-state index in [2.05, 4.69) is 96.4 Å². The van der Waals surface area contributed by atoms with Crippen molar-refractivity contribution in [3.05, 3.63) is 115 Å². The molecule has 6 aromatic rings. The molecule has 2 N–H and O–H groups in total. The van der Waals surface area contributed by atoms with Gasteiger partial charge in [-0.2, -0.15) is 0 Å². The van der Waals surface area contributed by atoms with Crippen LogP contribution in [0.3, 0.4) is 0 Å². The summed E-state index contributed by atoms with van der Waals surface area (Å²) in [6, 6.07) is 23.9. The Morgan fingerprint density at radius 1 is 0.826 bits per heavy atom. The number of benzene rings is 3. The molecule has 1 fully saturated rings. The first-order chi connectivity index (χ1) is 22.5. The average Bonchev–Trinajstić information content (AvgIpc) is 3.77. The summed E-state index contributed by atoms with van der Waals surface area (Å²) in [5.41, 5.74) is 8.14. The van der Waals surface area contributed by atoms with Gasteiger partial charge in [-0.05, 0) is 42.4 Å². The van der Waals surface area contributed by atoms with Crippen molar-refractivity contribution in [2.24, 2.45) is 0 Å². The van der Waals surface area contributed by atoms with E-state index >= 15 is 0 Å². The largest absolute Gasteiger partial charge is 0.323 e. The number of carbonyl (C=O) groups excluding carboxylic acids is 1. The highest BCUT2D eigenvalue weighted by atomic mass is 127. The van der Waals surface area contributed by atoms with E-state index in [1.54, 1.807) is 12.5 Å². The fourth-order valence-corrected chi connectivity index (χ4v) is 6.10. The average molecular weight is 724 g/mol. The summed E-state index contributed by atoms with van der Waals surface area (Å²) >= 11 is 2.36. The first-order valence-electron chi connectivity index (χ1n) is 15.2. The van der Waals surface area contributed by atoms with Crippen molar-refractivity contribution in [2.75, 3.05) is 43.9 Å². The fourth-order valence-electron chi connectivity index (χ4n) is 5.59. The molecule has 3 aromatic carbocycles. The highest BCUT2D eigenvalue weighted by Gasteiger charge is 2.15. The number of imidazole rings is 2. The number of carbonyl (C=O) groups is 1. The van der Waals surface area contributed by atoms with Crippen LogP contribution in [0.4, 0.5) is 16.2 Å². The molecule has 2 amide bonds. The monoisotopic (exact) mass is 723 g/mol. The quantitative estimate of drug-likeness (QED) is 0.136. The highest BCUT2D eigenvalue weighted by Crippen LogP contribution is 2.26. The molecule has 0 aliphatic carbocycles. The summed E-state index contributed by atoms with van der Waals surface area (Å²) in [7, 11) is 2.16. The van der Waals surface area contributed by atoms with Gasteiger partial charge in [0.15, 0.2) is 11.5 Å². The third kappa shape index (κ3) is 6.81. The Morgan fingerprint density at radius 3 is 2.37 bits per heavy atom. The van der Waals surface area contributed by atoms with E-state index in [4.69, 9.17) is 4.98 Å². The first kappa shape index (κ1) is 30.1. The lowest BCUT2D eigenvalue weighted by Crippen LogP contribution is -2.43. The smallest absolute Gasteiger partial charge is 0.308 e. The Kier molecular flexibility index (Phi) is 8.77. The number of anilines is 2. The molecule has 3 aromatic heterocycles. The highest BCUT2D eigenvalue weighted by molar-refractivity contribution is 14.1. The van der Waals surface area contributed by atoms with E-state index in [-0.39, 0.29) is 6.03 Å². The maximum atomic E-state index is 12.9. The van der Waals surface area contributed by atoms with E-state index in [0.29, 0.717) is 11.5 Å². The first-order valence-corrected chi connectivity index (χ1v) is 16.7. The van der Waals surface area contributed by atoms with Crippen LogP contribution >= 0.6 is 22.6 Å². The summed E-state index contributed by atoms with van der Waals surface area (Å²) in [6.07, 6.45) is 9.34. The van der Waals surface area contributed by atoms with Crippen LogP contribution in [0.2, 0.25) is 0 Å². The maximum Gasteiger partial charge on any atom is 0.323 e. The summed E-state index contributed by atoms with van der Waals surface area (Å²) < 4.78 is 4.82. The Balaban J connectivity index is 1.06. The number of alkyl halides is 1. The van der Waals surface area contributed by atoms with Crippen LogP contribution < -0.4 is 10.6 Å². The van der Waals surface area contributed by atoms with Gasteiger partial charge in [0.1, 0.15) is 6.33 Å². The number of amides is 2. The lowest BCUT2D eigenvalue weighted by molar-refractivity contribution is 0.148. The molecule has 0 unspecified atom stereocenters. The van der Waals surface area contributed by atoms with E-state index in [9.17, 15) is 4.79 Å². The number of aromatic nitrogens is 5. The minimum absolute atomic E-state index is 0.305. The van der Waals surface area contributed by atoms with Crippen molar-refractivity contribution in [2.45, 2.75) is 11.0 Å². The van der Waals surface area contributed by atoms with Crippen LogP contribution in [0.1, 0.15) is 11.1 Å². The van der Waals surface area contributed by atoms with Gasteiger partial charge in [0.25, 0.3) is 0 Å². The Morgan fingerprint density at radius 2 is 1.59 bits per heavy atom. The van der Waals surface area contributed by atoms with Gasteiger partial charge < -0.3 is 19.9 Å². The van der Waals surface area contributed by atoms with Gasteiger partial charge in [0.2, 0.25) is 0 Å². The molecule has 10 nitrogen and oxygen atoms in total. The predicted molar refractivity (Wildman–Crippen MR) is 191 cm³/mol. The Bertz CT molecular complexity index is 1960. The number of hydrogen-bond acceptors (Lipinski definition) is 6. The molecular formula is C35H34IN9O. The topological polar surface area (TPSA) is 95.6 Å². The van der Waals surface area contributed by atoms with Crippen LogP contribution in [0.15, 0.2) is 104 Å². The van der Waals surface area contributed by atoms with Gasteiger partial charge in [-0.1, -0.05) is 71.1 Å². The molecule has 0 atom stereocenters. The molecule has 1 aliphatic rings. The van der Waals surface area contributed by atoms with Crippen molar-refractivity contribution in [3.63, 3.8) is 0 Å². The van der Waals surface area contributed by atoms with Crippen LogP contribution in [-0.2, 0) is 11.0 Å². The second-order valence-corrected chi connectivity index (χ2v) is 12.3. The van der Waals surface area contributed by atoms with Gasteiger partial charge in [-0.25, -0.2) is 19.7 Å². The van der Waals surface area contributed by atoms with Crippen molar-refractivity contribution in [1.82, 2.24) is 33.7 Å². The van der Waals surface area contributed by atoms with Crippen molar-refractivity contribution < 1.29 is 4.79 Å². The second kappa shape index (κ2) is 13.4. The normalized spacial score (nSPS) is 14.0. The van der Waals surface area contributed by atoms with Gasteiger partial charge in [-0.3, -0.25) is 9.47 Å². The lowest BCUT2D eigenvalue weighted by atomic mass is 10.1. The molecule has 1 saturated heterocycles. The van der Waals surface area contributed by atoms with Gasteiger partial charge in [0.05, 0.1) is 11.4 Å². The zero-order valence-corrected chi connectivity index (χ0v) is 27.6. The number of rotatable bonds is 8. The minimum Gasteiger partial charge on any atom is -0.308 e. The zero-order chi connectivity index (χ0) is 31.5. The molecule has 0 radical (unpaired) electrons. The third-order valence-electron chi connectivity index (χ3n) is 8.22. The molecule has 4 heterocycles. The molecule has 1 aliphatic heterocycles. The molecule has 0 saturated carbocycles. The van der Waals surface area contributed by atoms with E-state index < -0.39 is 0 Å². The number of urea groups is 1. The number of likely N-dealkylation sites (N-methyl/N-ethyl adjacent to an activating group) is 1. The molecule has 0 bridgehead atoms. The summed E-state index contributed by atoms with van der Waals surface area (Å²) in [5, 5.41) is 5.92. The number of nitrogens with one attached hydrogen (secondary N) is 2.